The molecule has 1 aromatic rings. The Kier molecular flexibility index (Phi) is 5.31. The van der Waals surface area contributed by atoms with Crippen LogP contribution in [-0.2, 0) is 4.79 Å². The molecule has 1 atom stereocenters. The summed E-state index contributed by atoms with van der Waals surface area (Å²) in [4.78, 5) is 26.9. The van der Waals surface area contributed by atoms with Crippen molar-refractivity contribution in [2.24, 2.45) is 5.92 Å². The monoisotopic (exact) mass is 314 g/mol. The third-order valence-electron chi connectivity index (χ3n) is 5.05. The van der Waals surface area contributed by atoms with E-state index in [1.807, 2.05) is 35.2 Å². The van der Waals surface area contributed by atoms with Crippen molar-refractivity contribution in [3.05, 3.63) is 35.9 Å². The van der Waals surface area contributed by atoms with Crippen molar-refractivity contribution in [3.63, 3.8) is 0 Å². The highest BCUT2D eigenvalue weighted by Crippen LogP contribution is 2.21. The van der Waals surface area contributed by atoms with Crippen molar-refractivity contribution >= 4 is 11.8 Å². The molecule has 1 unspecified atom stereocenters. The maximum Gasteiger partial charge on any atom is 0.253 e. The van der Waals surface area contributed by atoms with Gasteiger partial charge in [-0.1, -0.05) is 37.5 Å². The van der Waals surface area contributed by atoms with Crippen LogP contribution in [0.25, 0.3) is 0 Å². The number of nitrogens with one attached hydrogen (secondary N) is 1. The van der Waals surface area contributed by atoms with Crippen LogP contribution in [-0.4, -0.2) is 35.8 Å². The molecule has 0 spiro atoms. The maximum absolute atomic E-state index is 12.6. The highest BCUT2D eigenvalue weighted by atomic mass is 16.2. The van der Waals surface area contributed by atoms with Crippen molar-refractivity contribution < 1.29 is 9.59 Å². The number of amides is 2. The first-order valence-corrected chi connectivity index (χ1v) is 8.89. The zero-order valence-electron chi connectivity index (χ0n) is 13.7. The molecule has 1 aliphatic heterocycles. The predicted molar refractivity (Wildman–Crippen MR) is 90.1 cm³/mol. The van der Waals surface area contributed by atoms with Crippen LogP contribution in [0.5, 0.6) is 0 Å². The fourth-order valence-electron chi connectivity index (χ4n) is 3.70. The molecule has 1 N–H and O–H groups in total. The third kappa shape index (κ3) is 4.12. The summed E-state index contributed by atoms with van der Waals surface area (Å²) in [6, 6.07) is 9.70. The molecular formula is C19H26N2O2. The first-order valence-electron chi connectivity index (χ1n) is 8.89. The lowest BCUT2D eigenvalue weighted by Crippen LogP contribution is -2.47. The number of likely N-dealkylation sites (tertiary alicyclic amines) is 1. The van der Waals surface area contributed by atoms with Crippen LogP contribution in [0.15, 0.2) is 30.3 Å². The number of hydrogen-bond acceptors (Lipinski definition) is 2. The summed E-state index contributed by atoms with van der Waals surface area (Å²) in [5.74, 6) is 0.126. The maximum atomic E-state index is 12.6. The van der Waals surface area contributed by atoms with Crippen LogP contribution in [0.3, 0.4) is 0 Å². The summed E-state index contributed by atoms with van der Waals surface area (Å²) in [7, 11) is 0. The summed E-state index contributed by atoms with van der Waals surface area (Å²) >= 11 is 0. The molecule has 4 heteroatoms. The van der Waals surface area contributed by atoms with E-state index in [1.165, 1.54) is 19.3 Å². The molecule has 1 saturated heterocycles. The Morgan fingerprint density at radius 2 is 1.70 bits per heavy atom. The highest BCUT2D eigenvalue weighted by Gasteiger charge is 2.30. The van der Waals surface area contributed by atoms with E-state index in [0.29, 0.717) is 18.2 Å². The van der Waals surface area contributed by atoms with Gasteiger partial charge in [0.25, 0.3) is 5.91 Å². The van der Waals surface area contributed by atoms with Gasteiger partial charge in [-0.15, -0.1) is 0 Å². The fraction of sp³-hybridized carbons (Fsp3) is 0.579. The predicted octanol–water partition coefficient (Wildman–Crippen LogP) is 2.99. The molecule has 0 bridgehead atoms. The summed E-state index contributed by atoms with van der Waals surface area (Å²) in [6.07, 6.45) is 7.71. The van der Waals surface area contributed by atoms with Gasteiger partial charge in [-0.25, -0.2) is 0 Å². The standard InChI is InChI=1S/C19H26N2O2/c22-18(20-17-11-5-2-6-12-17)16-10-7-13-21(14-16)19(23)15-8-3-1-4-9-15/h1,3-4,8-9,16-17H,2,5-7,10-14H2,(H,20,22). The molecule has 23 heavy (non-hydrogen) atoms. The first kappa shape index (κ1) is 16.0. The first-order chi connectivity index (χ1) is 11.2. The van der Waals surface area contributed by atoms with E-state index in [1.54, 1.807) is 0 Å². The summed E-state index contributed by atoms with van der Waals surface area (Å²) in [5.41, 5.74) is 0.709. The van der Waals surface area contributed by atoms with Crippen molar-refractivity contribution in [1.82, 2.24) is 10.2 Å². The molecular weight excluding hydrogens is 288 g/mol. The van der Waals surface area contributed by atoms with Gasteiger partial charge < -0.3 is 10.2 Å². The van der Waals surface area contributed by atoms with Gasteiger partial charge in [0.15, 0.2) is 0 Å². The zero-order chi connectivity index (χ0) is 16.1. The van der Waals surface area contributed by atoms with Crippen LogP contribution in [0.1, 0.15) is 55.3 Å². The Hall–Kier alpha value is -1.84. The number of rotatable bonds is 3. The Labute approximate surface area is 138 Å². The van der Waals surface area contributed by atoms with E-state index in [2.05, 4.69) is 5.32 Å². The highest BCUT2D eigenvalue weighted by molar-refractivity contribution is 5.94. The number of carbonyl (C=O) groups excluding carboxylic acids is 2. The van der Waals surface area contributed by atoms with Crippen molar-refractivity contribution in [3.8, 4) is 0 Å². The van der Waals surface area contributed by atoms with E-state index in [0.717, 1.165) is 32.2 Å². The number of nitrogens with zero attached hydrogens (tertiary/aromatic N) is 1. The molecule has 0 aromatic heterocycles. The number of hydrogen-bond donors (Lipinski definition) is 1. The van der Waals surface area contributed by atoms with Gasteiger partial charge in [0.2, 0.25) is 5.91 Å². The van der Waals surface area contributed by atoms with E-state index in [4.69, 9.17) is 0 Å². The Balaban J connectivity index is 1.57. The summed E-state index contributed by atoms with van der Waals surface area (Å²) in [5, 5.41) is 3.21. The third-order valence-corrected chi connectivity index (χ3v) is 5.05. The van der Waals surface area contributed by atoms with Gasteiger partial charge in [0.05, 0.1) is 5.92 Å². The van der Waals surface area contributed by atoms with Crippen molar-refractivity contribution in [2.45, 2.75) is 51.0 Å². The second-order valence-corrected chi connectivity index (χ2v) is 6.80. The minimum absolute atomic E-state index is 0.0424. The topological polar surface area (TPSA) is 49.4 Å². The molecule has 124 valence electrons. The SMILES string of the molecule is O=C(NC1CCCCC1)C1CCCN(C(=O)c2ccccc2)C1. The molecule has 2 aliphatic rings. The van der Waals surface area contributed by atoms with Gasteiger partial charge in [0.1, 0.15) is 0 Å². The van der Waals surface area contributed by atoms with Crippen LogP contribution < -0.4 is 5.32 Å². The quantitative estimate of drug-likeness (QED) is 0.932. The number of carbonyl (C=O) groups is 2. The van der Waals surface area contributed by atoms with Gasteiger partial charge in [-0.2, -0.15) is 0 Å². The van der Waals surface area contributed by atoms with Gasteiger partial charge >= 0.3 is 0 Å². The normalized spacial score (nSPS) is 22.6. The molecule has 2 amide bonds. The molecule has 1 heterocycles. The lowest BCUT2D eigenvalue weighted by Gasteiger charge is -2.33. The van der Waals surface area contributed by atoms with Crippen LogP contribution in [0.4, 0.5) is 0 Å². The zero-order valence-corrected chi connectivity index (χ0v) is 13.7. The van der Waals surface area contributed by atoms with E-state index < -0.39 is 0 Å². The Morgan fingerprint density at radius 3 is 2.43 bits per heavy atom. The Morgan fingerprint density at radius 1 is 0.957 bits per heavy atom. The molecule has 1 aromatic carbocycles. The minimum atomic E-state index is -0.0571. The largest absolute Gasteiger partial charge is 0.353 e. The molecule has 3 rings (SSSR count). The number of piperidine rings is 1. The lowest BCUT2D eigenvalue weighted by molar-refractivity contribution is -0.127. The van der Waals surface area contributed by atoms with Crippen LogP contribution >= 0.6 is 0 Å². The average Bonchev–Trinajstić information content (AvgIpc) is 2.63. The van der Waals surface area contributed by atoms with Gasteiger partial charge in [-0.3, -0.25) is 9.59 Å². The summed E-state index contributed by atoms with van der Waals surface area (Å²) < 4.78 is 0. The lowest BCUT2D eigenvalue weighted by atomic mass is 9.93. The van der Waals surface area contributed by atoms with E-state index in [9.17, 15) is 9.59 Å². The van der Waals surface area contributed by atoms with Crippen molar-refractivity contribution in [2.75, 3.05) is 13.1 Å². The molecule has 2 fully saturated rings. The number of benzene rings is 1. The van der Waals surface area contributed by atoms with E-state index in [-0.39, 0.29) is 17.7 Å². The summed E-state index contributed by atoms with van der Waals surface area (Å²) in [6.45, 7) is 1.30. The molecule has 4 nitrogen and oxygen atoms in total. The molecule has 0 radical (unpaired) electrons. The van der Waals surface area contributed by atoms with Gasteiger partial charge in [0, 0.05) is 24.7 Å². The fourth-order valence-corrected chi connectivity index (χ4v) is 3.70. The second-order valence-electron chi connectivity index (χ2n) is 6.80. The van der Waals surface area contributed by atoms with Crippen molar-refractivity contribution in [1.29, 1.82) is 0 Å². The smallest absolute Gasteiger partial charge is 0.253 e. The van der Waals surface area contributed by atoms with Crippen LogP contribution in [0, 0.1) is 5.92 Å². The Bertz CT molecular complexity index is 538. The second kappa shape index (κ2) is 7.62. The van der Waals surface area contributed by atoms with Gasteiger partial charge in [-0.05, 0) is 37.8 Å². The average molecular weight is 314 g/mol. The van der Waals surface area contributed by atoms with Crippen LogP contribution in [0.2, 0.25) is 0 Å². The minimum Gasteiger partial charge on any atom is -0.353 e. The van der Waals surface area contributed by atoms with E-state index >= 15 is 0 Å². The molecule has 1 saturated carbocycles. The molecule has 1 aliphatic carbocycles.